The Labute approximate surface area is 392 Å². The third-order valence-corrected chi connectivity index (χ3v) is 14.8. The first kappa shape index (κ1) is 54.6. The van der Waals surface area contributed by atoms with E-state index in [1.54, 1.807) is 48.0 Å². The first-order chi connectivity index (χ1) is 29.7. The Kier molecular flexibility index (Phi) is 21.0. The van der Waals surface area contributed by atoms with Gasteiger partial charge in [-0.2, -0.15) is 0 Å². The predicted molar refractivity (Wildman–Crippen MR) is 263 cm³/mol. The largest absolute Gasteiger partial charge is 0.344 e. The summed E-state index contributed by atoms with van der Waals surface area (Å²) in [6.45, 7) is 4.43. The molecule has 0 aliphatic rings. The van der Waals surface area contributed by atoms with E-state index in [1.165, 1.54) is 73.1 Å². The second-order valence-corrected chi connectivity index (χ2v) is 21.2. The quantitative estimate of drug-likeness (QED) is 0.0602. The van der Waals surface area contributed by atoms with Gasteiger partial charge < -0.3 is 20.1 Å². The van der Waals surface area contributed by atoms with Gasteiger partial charge in [-0.3, -0.25) is 18.7 Å². The Morgan fingerprint density at radius 1 is 0.766 bits per heavy atom. The van der Waals surface area contributed by atoms with Crippen molar-refractivity contribution in [2.75, 3.05) is 19.9 Å². The molecule has 8 nitrogen and oxygen atoms in total. The fourth-order valence-corrected chi connectivity index (χ4v) is 11.5. The maximum absolute atomic E-state index is 13.3. The van der Waals surface area contributed by atoms with Crippen molar-refractivity contribution in [2.45, 2.75) is 25.7 Å². The number of amides is 2. The summed E-state index contributed by atoms with van der Waals surface area (Å²) >= 11 is 14.9. The van der Waals surface area contributed by atoms with Crippen LogP contribution in [0.15, 0.2) is 96.0 Å². The standard InChI is InChI=1S/C21H19ClF2NO3PS.C19H15ClF2NO3PS.CH4.B5/c1-3-28-29(2,27)20(16-12-30-19-7-5-14(22)11-15(16)19)21(26)25-9-8-13-4-6-17(23)18(24)10-13;1-27(25,26)18(14-10-28-17-5-3-12(20)9-13(14)17)19(24)23-7-6-11-2-4-15(21)16(22)8-11;;1-4-5(2)3/h4-12,20H,3H2,1-2H3,(H,25,26);2-10,18H,1H3,(H,23,24)(H,25,26);1H4;/b9-8+;7-6+;;. The van der Waals surface area contributed by atoms with Gasteiger partial charge in [0, 0.05) is 81.8 Å². The normalized spacial score (nSPS) is 13.9. The highest BCUT2D eigenvalue weighted by molar-refractivity contribution is 7.61. The van der Waals surface area contributed by atoms with Gasteiger partial charge in [0.1, 0.15) is 11.3 Å². The molecule has 64 heavy (non-hydrogen) atoms. The number of carbonyl (C=O) groups excluding carboxylic acids is 2. The van der Waals surface area contributed by atoms with Crippen LogP contribution < -0.4 is 10.6 Å². The molecule has 0 aliphatic heterocycles. The second-order valence-electron chi connectivity index (χ2n) is 13.5. The number of hydrogen-bond donors (Lipinski definition) is 3. The molecule has 0 spiro atoms. The van der Waals surface area contributed by atoms with Crippen LogP contribution in [0.4, 0.5) is 17.6 Å². The SMILES string of the molecule is C.CCOP(C)(=O)C(C(=O)N/C=C/c1ccc(F)c(F)c1)c1csc2ccc(Cl)cc12.CP(=O)(O)C(C(=O)N/C=C/c1ccc(F)c(F)c1)c1csc2ccc(Cl)cc12.[B][B]B([B])[B]. The Hall–Kier alpha value is -3.78. The van der Waals surface area contributed by atoms with E-state index in [-0.39, 0.29) is 14.0 Å². The second kappa shape index (κ2) is 24.7. The number of nitrogens with one attached hydrogen (secondary N) is 2. The summed E-state index contributed by atoms with van der Waals surface area (Å²) in [5.41, 5.74) is -0.686. The molecule has 2 heterocycles. The molecule has 2 amide bonds. The molecule has 327 valence electrons. The maximum Gasteiger partial charge on any atom is 0.241 e. The van der Waals surface area contributed by atoms with E-state index in [0.717, 1.165) is 45.7 Å². The lowest BCUT2D eigenvalue weighted by molar-refractivity contribution is -0.120. The Morgan fingerprint density at radius 2 is 1.17 bits per heavy atom. The Bertz CT molecular complexity index is 2740. The minimum atomic E-state index is -3.86. The van der Waals surface area contributed by atoms with Crippen molar-refractivity contribution in [1.29, 1.82) is 0 Å². The number of halogens is 6. The van der Waals surface area contributed by atoms with Crippen LogP contribution in [0.25, 0.3) is 32.3 Å². The lowest BCUT2D eigenvalue weighted by Gasteiger charge is -2.22. The molecule has 0 saturated heterocycles. The summed E-state index contributed by atoms with van der Waals surface area (Å²) in [4.78, 5) is 35.9. The third kappa shape index (κ3) is 15.1. The summed E-state index contributed by atoms with van der Waals surface area (Å²) < 4.78 is 85.5. The van der Waals surface area contributed by atoms with Crippen molar-refractivity contribution in [3.05, 3.63) is 152 Å². The van der Waals surface area contributed by atoms with Crippen LogP contribution >= 0.6 is 60.6 Å². The molecular formula is C41H38B5Cl2F4N2O6P2S2. The average Bonchev–Trinajstić information content (AvgIpc) is 3.80. The van der Waals surface area contributed by atoms with Crippen LogP contribution in [0.1, 0.15) is 47.9 Å². The van der Waals surface area contributed by atoms with Crippen molar-refractivity contribution in [1.82, 2.24) is 10.6 Å². The van der Waals surface area contributed by atoms with E-state index >= 15 is 0 Å². The van der Waals surface area contributed by atoms with Crippen LogP contribution in [0, 0.1) is 23.3 Å². The summed E-state index contributed by atoms with van der Waals surface area (Å²) in [6, 6.07) is 17.1. The van der Waals surface area contributed by atoms with Crippen LogP contribution in [0.2, 0.25) is 10.0 Å². The van der Waals surface area contributed by atoms with Crippen molar-refractivity contribution in [3.8, 4) is 0 Å². The van der Waals surface area contributed by atoms with Crippen LogP contribution in [0.3, 0.4) is 0 Å². The van der Waals surface area contributed by atoms with E-state index in [4.69, 9.17) is 50.9 Å². The lowest BCUT2D eigenvalue weighted by atomic mass is 8.97. The van der Waals surface area contributed by atoms with Gasteiger partial charge in [-0.25, -0.2) is 17.6 Å². The summed E-state index contributed by atoms with van der Waals surface area (Å²) in [5.74, 6) is -5.15. The van der Waals surface area contributed by atoms with E-state index in [0.29, 0.717) is 37.7 Å². The van der Waals surface area contributed by atoms with E-state index in [2.05, 4.69) is 10.6 Å². The molecule has 7 radical (unpaired) electrons. The van der Waals surface area contributed by atoms with E-state index in [9.17, 15) is 41.2 Å². The lowest BCUT2D eigenvalue weighted by Crippen LogP contribution is -2.25. The molecule has 6 aromatic rings. The molecule has 0 aliphatic carbocycles. The average molecular weight is 982 g/mol. The van der Waals surface area contributed by atoms with E-state index < -0.39 is 67.5 Å². The van der Waals surface area contributed by atoms with Gasteiger partial charge in [0.2, 0.25) is 26.6 Å². The fraction of sp³-hybridized carbons (Fsp3) is 0.171. The zero-order valence-electron chi connectivity index (χ0n) is 33.6. The smallest absolute Gasteiger partial charge is 0.241 e. The van der Waals surface area contributed by atoms with Gasteiger partial charge in [-0.05, 0) is 124 Å². The highest BCUT2D eigenvalue weighted by atomic mass is 35.5. The zero-order valence-corrected chi connectivity index (χ0v) is 38.5. The molecule has 4 aromatic carbocycles. The monoisotopic (exact) mass is 981 g/mol. The molecule has 6 rings (SSSR count). The van der Waals surface area contributed by atoms with Crippen LogP contribution in [-0.2, 0) is 23.2 Å². The third-order valence-electron chi connectivity index (χ3n) is 8.66. The minimum absolute atomic E-state index is 0. The van der Waals surface area contributed by atoms with Gasteiger partial charge in [-0.1, -0.05) is 42.8 Å². The molecule has 4 atom stereocenters. The number of thiophene rings is 2. The Balaban J connectivity index is 0.000000304. The topological polar surface area (TPSA) is 122 Å². The van der Waals surface area contributed by atoms with Gasteiger partial charge in [0.05, 0.1) is 6.61 Å². The van der Waals surface area contributed by atoms with Gasteiger partial charge in [-0.15, -0.1) is 22.7 Å². The summed E-state index contributed by atoms with van der Waals surface area (Å²) in [7, 11) is 8.55. The number of hydrogen-bond acceptors (Lipinski definition) is 7. The van der Waals surface area contributed by atoms with Crippen LogP contribution in [0.5, 0.6) is 0 Å². The molecule has 0 saturated carbocycles. The molecule has 0 fully saturated rings. The predicted octanol–water partition coefficient (Wildman–Crippen LogP) is 10.9. The summed E-state index contributed by atoms with van der Waals surface area (Å²) in [6.07, 6.45) is 4.84. The van der Waals surface area contributed by atoms with E-state index in [1.807, 2.05) is 6.07 Å². The van der Waals surface area contributed by atoms with Gasteiger partial charge >= 0.3 is 0 Å². The number of fused-ring (bicyclic) bond motifs is 2. The molecular weight excluding hydrogens is 943 g/mol. The first-order valence-corrected chi connectivity index (χ1v) is 25.2. The highest BCUT2D eigenvalue weighted by Gasteiger charge is 2.38. The van der Waals surface area contributed by atoms with Crippen molar-refractivity contribution >= 4 is 141 Å². The Morgan fingerprint density at radius 3 is 1.55 bits per heavy atom. The summed E-state index contributed by atoms with van der Waals surface area (Å²) in [5, 5.41) is 10.8. The van der Waals surface area contributed by atoms with Gasteiger partial charge in [0.25, 0.3) is 0 Å². The highest BCUT2D eigenvalue weighted by Crippen LogP contribution is 2.59. The van der Waals surface area contributed by atoms with Crippen LogP contribution in [-0.4, -0.2) is 73.3 Å². The number of benzene rings is 4. The molecule has 3 N–H and O–H groups in total. The molecule has 23 heteroatoms. The van der Waals surface area contributed by atoms with Gasteiger partial charge in [0.15, 0.2) is 23.3 Å². The van der Waals surface area contributed by atoms with Crippen molar-refractivity contribution < 1.29 is 45.7 Å². The molecule has 0 bridgehead atoms. The number of carbonyl (C=O) groups is 2. The number of rotatable bonds is 13. The minimum Gasteiger partial charge on any atom is -0.344 e. The van der Waals surface area contributed by atoms with Crippen molar-refractivity contribution in [3.63, 3.8) is 0 Å². The van der Waals surface area contributed by atoms with Crippen molar-refractivity contribution in [2.24, 2.45) is 0 Å². The molecule has 2 aromatic heterocycles. The first-order valence-electron chi connectivity index (χ1n) is 18.4. The molecule has 4 unspecified atom stereocenters. The zero-order chi connectivity index (χ0) is 46.6. The fourth-order valence-electron chi connectivity index (χ4n) is 5.85. The maximum atomic E-state index is 13.3.